The number of carbonyl (C=O) groups excluding carboxylic acids is 1. The topological polar surface area (TPSA) is 46.1 Å². The largest absolute Gasteiger partial charge is 0.345 e. The molecule has 0 fully saturated rings. The van der Waals surface area contributed by atoms with Crippen LogP contribution >= 0.6 is 11.6 Å². The van der Waals surface area contributed by atoms with E-state index >= 15 is 0 Å². The van der Waals surface area contributed by atoms with Crippen molar-refractivity contribution in [2.24, 2.45) is 0 Å². The molecule has 0 aromatic carbocycles. The Bertz CT molecular complexity index is 300. The molecule has 0 saturated heterocycles. The van der Waals surface area contributed by atoms with Crippen LogP contribution in [-0.4, -0.2) is 35.1 Å². The Labute approximate surface area is 75.2 Å². The molecule has 0 aliphatic carbocycles. The zero-order valence-electron chi connectivity index (χ0n) is 6.78. The van der Waals surface area contributed by atoms with Gasteiger partial charge in [0.05, 0.1) is 11.8 Å². The first-order valence-electron chi connectivity index (χ1n) is 3.31. The third-order valence-corrected chi connectivity index (χ3v) is 1.46. The van der Waals surface area contributed by atoms with Gasteiger partial charge < -0.3 is 4.90 Å². The molecule has 64 valence electrons. The van der Waals surface area contributed by atoms with Crippen LogP contribution in [0.15, 0.2) is 12.3 Å². The molecule has 1 aromatic rings. The highest BCUT2D eigenvalue weighted by atomic mass is 35.5. The lowest BCUT2D eigenvalue weighted by atomic mass is 10.3. The lowest BCUT2D eigenvalue weighted by molar-refractivity contribution is 0.0827. The number of hydrogen-bond acceptors (Lipinski definition) is 3. The van der Waals surface area contributed by atoms with Gasteiger partial charge in [0.1, 0.15) is 0 Å². The Morgan fingerprint density at radius 1 is 1.58 bits per heavy atom. The first-order chi connectivity index (χ1) is 5.61. The molecule has 4 nitrogen and oxygen atoms in total. The molecule has 0 unspecified atom stereocenters. The fourth-order valence-corrected chi connectivity index (χ4v) is 0.877. The zero-order chi connectivity index (χ0) is 9.14. The Balaban J connectivity index is 2.96. The summed E-state index contributed by atoms with van der Waals surface area (Å²) in [5.74, 6) is -0.133. The van der Waals surface area contributed by atoms with E-state index in [0.29, 0.717) is 5.56 Å². The summed E-state index contributed by atoms with van der Waals surface area (Å²) in [6.45, 7) is 0. The van der Waals surface area contributed by atoms with E-state index in [-0.39, 0.29) is 11.1 Å². The molecule has 0 bridgehead atoms. The van der Waals surface area contributed by atoms with Crippen LogP contribution in [0, 0.1) is 0 Å². The van der Waals surface area contributed by atoms with Crippen LogP contribution < -0.4 is 0 Å². The van der Waals surface area contributed by atoms with Gasteiger partial charge in [-0.3, -0.25) is 4.79 Å². The smallest absolute Gasteiger partial charge is 0.255 e. The van der Waals surface area contributed by atoms with Crippen molar-refractivity contribution in [2.75, 3.05) is 14.1 Å². The van der Waals surface area contributed by atoms with Crippen molar-refractivity contribution in [1.82, 2.24) is 15.1 Å². The number of halogens is 1. The van der Waals surface area contributed by atoms with E-state index in [2.05, 4.69) is 10.2 Å². The van der Waals surface area contributed by atoms with Crippen LogP contribution in [0.2, 0.25) is 5.15 Å². The first-order valence-corrected chi connectivity index (χ1v) is 3.69. The Morgan fingerprint density at radius 2 is 2.25 bits per heavy atom. The van der Waals surface area contributed by atoms with E-state index in [1.165, 1.54) is 17.2 Å². The van der Waals surface area contributed by atoms with E-state index in [1.807, 2.05) is 0 Å². The van der Waals surface area contributed by atoms with Gasteiger partial charge in [0, 0.05) is 14.1 Å². The second-order valence-corrected chi connectivity index (χ2v) is 2.85. The number of rotatable bonds is 1. The third kappa shape index (κ3) is 1.92. The maximum atomic E-state index is 11.3. The lowest BCUT2D eigenvalue weighted by Crippen LogP contribution is -2.21. The van der Waals surface area contributed by atoms with E-state index < -0.39 is 0 Å². The van der Waals surface area contributed by atoms with Gasteiger partial charge >= 0.3 is 0 Å². The molecular weight excluding hydrogens is 178 g/mol. The second kappa shape index (κ2) is 3.49. The van der Waals surface area contributed by atoms with Gasteiger partial charge in [0.2, 0.25) is 0 Å². The van der Waals surface area contributed by atoms with Gasteiger partial charge in [0.15, 0.2) is 5.15 Å². The first kappa shape index (κ1) is 8.93. The zero-order valence-corrected chi connectivity index (χ0v) is 7.54. The van der Waals surface area contributed by atoms with Crippen LogP contribution in [0.4, 0.5) is 0 Å². The number of nitrogens with zero attached hydrogens (tertiary/aromatic N) is 3. The van der Waals surface area contributed by atoms with Crippen LogP contribution in [0.3, 0.4) is 0 Å². The third-order valence-electron chi connectivity index (χ3n) is 1.28. The predicted octanol–water partition coefficient (Wildman–Crippen LogP) is 0.832. The normalized spacial score (nSPS) is 9.58. The molecular formula is C7H8ClN3O. The van der Waals surface area contributed by atoms with Crippen molar-refractivity contribution < 1.29 is 4.79 Å². The maximum absolute atomic E-state index is 11.3. The van der Waals surface area contributed by atoms with Gasteiger partial charge in [-0.1, -0.05) is 11.6 Å². The summed E-state index contributed by atoms with van der Waals surface area (Å²) in [6.07, 6.45) is 1.38. The van der Waals surface area contributed by atoms with Crippen LogP contribution in [0.5, 0.6) is 0 Å². The van der Waals surface area contributed by atoms with Crippen LogP contribution in [-0.2, 0) is 0 Å². The number of amides is 1. The van der Waals surface area contributed by atoms with Crippen molar-refractivity contribution in [2.45, 2.75) is 0 Å². The van der Waals surface area contributed by atoms with Crippen LogP contribution in [0.25, 0.3) is 0 Å². The quantitative estimate of drug-likeness (QED) is 0.651. The molecule has 0 aliphatic heterocycles. The molecule has 0 radical (unpaired) electrons. The van der Waals surface area contributed by atoms with Crippen LogP contribution in [0.1, 0.15) is 10.4 Å². The van der Waals surface area contributed by atoms with E-state index in [9.17, 15) is 4.79 Å². The highest BCUT2D eigenvalue weighted by Crippen LogP contribution is 2.06. The fraction of sp³-hybridized carbons (Fsp3) is 0.286. The standard InChI is InChI=1S/C7H8ClN3O/c1-11(2)7(12)5-3-6(8)10-9-4-5/h3-4H,1-2H3. The molecule has 1 rings (SSSR count). The average Bonchev–Trinajstić information content (AvgIpc) is 2.03. The molecule has 1 amide bonds. The van der Waals surface area contributed by atoms with Crippen molar-refractivity contribution >= 4 is 17.5 Å². The number of carbonyl (C=O) groups is 1. The summed E-state index contributed by atoms with van der Waals surface area (Å²) in [5, 5.41) is 7.31. The van der Waals surface area contributed by atoms with Crippen molar-refractivity contribution in [3.8, 4) is 0 Å². The van der Waals surface area contributed by atoms with E-state index in [0.717, 1.165) is 0 Å². The second-order valence-electron chi connectivity index (χ2n) is 2.47. The minimum absolute atomic E-state index is 0.133. The number of hydrogen-bond donors (Lipinski definition) is 0. The summed E-state index contributed by atoms with van der Waals surface area (Å²) >= 11 is 5.55. The molecule has 0 spiro atoms. The van der Waals surface area contributed by atoms with Gasteiger partial charge in [0.25, 0.3) is 5.91 Å². The summed E-state index contributed by atoms with van der Waals surface area (Å²) < 4.78 is 0. The monoisotopic (exact) mass is 185 g/mol. The molecule has 0 N–H and O–H groups in total. The Kier molecular flexibility index (Phi) is 2.60. The molecule has 12 heavy (non-hydrogen) atoms. The van der Waals surface area contributed by atoms with E-state index in [4.69, 9.17) is 11.6 Å². The average molecular weight is 186 g/mol. The van der Waals surface area contributed by atoms with Gasteiger partial charge in [-0.05, 0) is 6.07 Å². The summed E-state index contributed by atoms with van der Waals surface area (Å²) in [5.41, 5.74) is 0.444. The Hall–Kier alpha value is -1.16. The number of aromatic nitrogens is 2. The highest BCUT2D eigenvalue weighted by molar-refractivity contribution is 6.29. The fourth-order valence-electron chi connectivity index (χ4n) is 0.716. The molecule has 0 aliphatic rings. The predicted molar refractivity (Wildman–Crippen MR) is 45.1 cm³/mol. The summed E-state index contributed by atoms with van der Waals surface area (Å²) in [4.78, 5) is 12.7. The highest BCUT2D eigenvalue weighted by Gasteiger charge is 2.08. The molecule has 1 heterocycles. The van der Waals surface area contributed by atoms with Gasteiger partial charge in [-0.15, -0.1) is 5.10 Å². The van der Waals surface area contributed by atoms with Crippen molar-refractivity contribution in [1.29, 1.82) is 0 Å². The maximum Gasteiger partial charge on any atom is 0.255 e. The van der Waals surface area contributed by atoms with Crippen molar-refractivity contribution in [3.05, 3.63) is 23.0 Å². The van der Waals surface area contributed by atoms with E-state index in [1.54, 1.807) is 14.1 Å². The minimum Gasteiger partial charge on any atom is -0.345 e. The van der Waals surface area contributed by atoms with Gasteiger partial charge in [-0.2, -0.15) is 5.10 Å². The molecule has 1 aromatic heterocycles. The molecule has 5 heteroatoms. The summed E-state index contributed by atoms with van der Waals surface area (Å²) in [6, 6.07) is 1.48. The summed E-state index contributed by atoms with van der Waals surface area (Å²) in [7, 11) is 3.33. The van der Waals surface area contributed by atoms with Gasteiger partial charge in [-0.25, -0.2) is 0 Å². The lowest BCUT2D eigenvalue weighted by Gasteiger charge is -2.08. The molecule has 0 saturated carbocycles. The molecule has 0 atom stereocenters. The van der Waals surface area contributed by atoms with Crippen molar-refractivity contribution in [3.63, 3.8) is 0 Å². The minimum atomic E-state index is -0.133. The SMILES string of the molecule is CN(C)C(=O)c1cnnc(Cl)c1. The Morgan fingerprint density at radius 3 is 2.75 bits per heavy atom.